The molecule has 22 heavy (non-hydrogen) atoms. The Labute approximate surface area is 130 Å². The molecule has 5 heteroatoms. The van der Waals surface area contributed by atoms with E-state index >= 15 is 0 Å². The van der Waals surface area contributed by atoms with Crippen LogP contribution in [0.15, 0.2) is 30.3 Å². The summed E-state index contributed by atoms with van der Waals surface area (Å²) < 4.78 is 1.94. The van der Waals surface area contributed by atoms with Gasteiger partial charge in [-0.25, -0.2) is 4.68 Å². The van der Waals surface area contributed by atoms with Crippen LogP contribution in [0.4, 0.5) is 0 Å². The molecule has 116 valence electrons. The summed E-state index contributed by atoms with van der Waals surface area (Å²) in [6, 6.07) is 10.0. The number of hydrogen-bond acceptors (Lipinski definition) is 3. The van der Waals surface area contributed by atoms with E-state index in [1.807, 2.05) is 42.1 Å². The van der Waals surface area contributed by atoms with Gasteiger partial charge in [0.15, 0.2) is 5.69 Å². The van der Waals surface area contributed by atoms with Crippen molar-refractivity contribution in [1.82, 2.24) is 20.4 Å². The summed E-state index contributed by atoms with van der Waals surface area (Å²) in [5.74, 6) is -0.0519. The van der Waals surface area contributed by atoms with E-state index in [1.165, 1.54) is 5.69 Å². The highest BCUT2D eigenvalue weighted by Crippen LogP contribution is 2.27. The van der Waals surface area contributed by atoms with Crippen molar-refractivity contribution in [3.8, 4) is 5.69 Å². The predicted molar refractivity (Wildman–Crippen MR) is 86.5 cm³/mol. The first kappa shape index (κ1) is 14.8. The molecule has 2 aromatic rings. The maximum absolute atomic E-state index is 12.4. The molecule has 1 aliphatic rings. The van der Waals surface area contributed by atoms with Crippen LogP contribution in [-0.2, 0) is 12.8 Å². The Balaban J connectivity index is 1.82. The summed E-state index contributed by atoms with van der Waals surface area (Å²) in [5.41, 5.74) is 3.93. The molecule has 1 aliphatic carbocycles. The zero-order chi connectivity index (χ0) is 15.4. The van der Waals surface area contributed by atoms with Crippen LogP contribution in [0.2, 0.25) is 0 Å². The van der Waals surface area contributed by atoms with Gasteiger partial charge in [-0.1, -0.05) is 18.2 Å². The number of carbonyl (C=O) groups is 1. The zero-order valence-electron chi connectivity index (χ0n) is 12.9. The standard InChI is InChI=1S/C17H22N4O/c1-18-11-6-12-19-17(22)16-14-9-5-10-15(14)21(20-16)13-7-3-2-4-8-13/h2-4,7-8,18H,5-6,9-12H2,1H3,(H,19,22). The van der Waals surface area contributed by atoms with Crippen molar-refractivity contribution in [3.05, 3.63) is 47.3 Å². The van der Waals surface area contributed by atoms with Crippen molar-refractivity contribution < 1.29 is 4.79 Å². The number of aromatic nitrogens is 2. The maximum atomic E-state index is 12.4. The number of carbonyl (C=O) groups excluding carboxylic acids is 1. The molecule has 3 rings (SSSR count). The highest BCUT2D eigenvalue weighted by molar-refractivity contribution is 5.94. The Bertz CT molecular complexity index is 648. The van der Waals surface area contributed by atoms with Gasteiger partial charge >= 0.3 is 0 Å². The lowest BCUT2D eigenvalue weighted by molar-refractivity contribution is 0.0947. The Morgan fingerprint density at radius 1 is 1.23 bits per heavy atom. The van der Waals surface area contributed by atoms with Gasteiger partial charge in [-0.05, 0) is 51.4 Å². The quantitative estimate of drug-likeness (QED) is 0.798. The summed E-state index contributed by atoms with van der Waals surface area (Å²) in [7, 11) is 1.91. The van der Waals surface area contributed by atoms with Crippen LogP contribution in [0.5, 0.6) is 0 Å². The minimum Gasteiger partial charge on any atom is -0.351 e. The zero-order valence-corrected chi connectivity index (χ0v) is 12.9. The second kappa shape index (κ2) is 6.75. The van der Waals surface area contributed by atoms with Crippen molar-refractivity contribution in [2.75, 3.05) is 20.1 Å². The fourth-order valence-electron chi connectivity index (χ4n) is 2.95. The average Bonchev–Trinajstić information content (AvgIpc) is 3.14. The minimum atomic E-state index is -0.0519. The Morgan fingerprint density at radius 3 is 2.82 bits per heavy atom. The van der Waals surface area contributed by atoms with Gasteiger partial charge in [-0.3, -0.25) is 4.79 Å². The predicted octanol–water partition coefficient (Wildman–Crippen LogP) is 1.70. The average molecular weight is 298 g/mol. The van der Waals surface area contributed by atoms with Crippen molar-refractivity contribution in [3.63, 3.8) is 0 Å². The number of amides is 1. The van der Waals surface area contributed by atoms with Crippen LogP contribution in [0.25, 0.3) is 5.69 Å². The summed E-state index contributed by atoms with van der Waals surface area (Å²) >= 11 is 0. The third-order valence-corrected chi connectivity index (χ3v) is 4.04. The summed E-state index contributed by atoms with van der Waals surface area (Å²) in [5, 5.41) is 10.6. The number of rotatable bonds is 6. The molecule has 2 N–H and O–H groups in total. The fourth-order valence-corrected chi connectivity index (χ4v) is 2.95. The maximum Gasteiger partial charge on any atom is 0.272 e. The molecule has 5 nitrogen and oxygen atoms in total. The van der Waals surface area contributed by atoms with Crippen LogP contribution in [0.3, 0.4) is 0 Å². The van der Waals surface area contributed by atoms with Gasteiger partial charge in [0.1, 0.15) is 0 Å². The lowest BCUT2D eigenvalue weighted by Crippen LogP contribution is -2.27. The third kappa shape index (κ3) is 2.90. The van der Waals surface area contributed by atoms with E-state index in [1.54, 1.807) is 0 Å². The van der Waals surface area contributed by atoms with E-state index in [0.29, 0.717) is 12.2 Å². The molecule has 0 aliphatic heterocycles. The van der Waals surface area contributed by atoms with Crippen LogP contribution < -0.4 is 10.6 Å². The summed E-state index contributed by atoms with van der Waals surface area (Å²) in [6.45, 7) is 1.57. The second-order valence-corrected chi connectivity index (χ2v) is 5.59. The first-order valence-electron chi connectivity index (χ1n) is 7.90. The number of nitrogens with one attached hydrogen (secondary N) is 2. The van der Waals surface area contributed by atoms with E-state index in [9.17, 15) is 4.79 Å². The summed E-state index contributed by atoms with van der Waals surface area (Å²) in [6.07, 6.45) is 3.95. The molecule has 1 amide bonds. The first-order valence-corrected chi connectivity index (χ1v) is 7.90. The molecule has 0 fully saturated rings. The molecule has 1 heterocycles. The molecule has 1 aromatic heterocycles. The first-order chi connectivity index (χ1) is 10.8. The monoisotopic (exact) mass is 298 g/mol. The Morgan fingerprint density at radius 2 is 2.05 bits per heavy atom. The van der Waals surface area contributed by atoms with Crippen LogP contribution in [-0.4, -0.2) is 35.8 Å². The van der Waals surface area contributed by atoms with Gasteiger partial charge in [0.25, 0.3) is 5.91 Å². The molecular weight excluding hydrogens is 276 g/mol. The number of nitrogens with zero attached hydrogens (tertiary/aromatic N) is 2. The highest BCUT2D eigenvalue weighted by Gasteiger charge is 2.26. The second-order valence-electron chi connectivity index (χ2n) is 5.59. The van der Waals surface area contributed by atoms with Crippen molar-refractivity contribution in [2.24, 2.45) is 0 Å². The summed E-state index contributed by atoms with van der Waals surface area (Å²) in [4.78, 5) is 12.4. The smallest absolute Gasteiger partial charge is 0.272 e. The molecular formula is C17H22N4O. The third-order valence-electron chi connectivity index (χ3n) is 4.04. The van der Waals surface area contributed by atoms with Gasteiger partial charge in [-0.2, -0.15) is 5.10 Å². The van der Waals surface area contributed by atoms with Gasteiger partial charge in [0.2, 0.25) is 0 Å². The molecule has 0 bridgehead atoms. The minimum absolute atomic E-state index is 0.0519. The van der Waals surface area contributed by atoms with E-state index < -0.39 is 0 Å². The normalized spacial score (nSPS) is 13.1. The number of benzene rings is 1. The molecule has 0 atom stereocenters. The van der Waals surface area contributed by atoms with E-state index in [-0.39, 0.29) is 5.91 Å². The molecule has 1 aromatic carbocycles. The fraction of sp³-hybridized carbons (Fsp3) is 0.412. The molecule has 0 saturated heterocycles. The molecule has 0 radical (unpaired) electrons. The number of fused-ring (bicyclic) bond motifs is 1. The number of hydrogen-bond donors (Lipinski definition) is 2. The van der Waals surface area contributed by atoms with Crippen molar-refractivity contribution >= 4 is 5.91 Å². The van der Waals surface area contributed by atoms with E-state index in [0.717, 1.165) is 43.5 Å². The van der Waals surface area contributed by atoms with Crippen LogP contribution in [0.1, 0.15) is 34.6 Å². The lowest BCUT2D eigenvalue weighted by Gasteiger charge is -2.05. The van der Waals surface area contributed by atoms with Gasteiger partial charge in [0, 0.05) is 17.8 Å². The Kier molecular flexibility index (Phi) is 4.53. The van der Waals surface area contributed by atoms with Gasteiger partial charge in [0.05, 0.1) is 5.69 Å². The van der Waals surface area contributed by atoms with Gasteiger partial charge in [-0.15, -0.1) is 0 Å². The van der Waals surface area contributed by atoms with Crippen molar-refractivity contribution in [1.29, 1.82) is 0 Å². The SMILES string of the molecule is CNCCCNC(=O)c1nn(-c2ccccc2)c2c1CCC2. The van der Waals surface area contributed by atoms with E-state index in [2.05, 4.69) is 15.7 Å². The van der Waals surface area contributed by atoms with Gasteiger partial charge < -0.3 is 10.6 Å². The van der Waals surface area contributed by atoms with Crippen LogP contribution >= 0.6 is 0 Å². The molecule has 0 unspecified atom stereocenters. The van der Waals surface area contributed by atoms with Crippen LogP contribution in [0, 0.1) is 0 Å². The number of para-hydroxylation sites is 1. The molecule has 0 saturated carbocycles. The lowest BCUT2D eigenvalue weighted by atomic mass is 10.2. The van der Waals surface area contributed by atoms with E-state index in [4.69, 9.17) is 0 Å². The largest absolute Gasteiger partial charge is 0.351 e. The van der Waals surface area contributed by atoms with Crippen molar-refractivity contribution in [2.45, 2.75) is 25.7 Å². The highest BCUT2D eigenvalue weighted by atomic mass is 16.1. The molecule has 0 spiro atoms. The topological polar surface area (TPSA) is 58.9 Å². The Hall–Kier alpha value is -2.14.